The Kier molecular flexibility index (Phi) is 5.24. The lowest BCUT2D eigenvalue weighted by Crippen LogP contribution is -2.20. The second-order valence-electron chi connectivity index (χ2n) is 5.96. The first-order valence-electron chi connectivity index (χ1n) is 8.33. The maximum atomic E-state index is 12.5. The van der Waals surface area contributed by atoms with E-state index in [-0.39, 0.29) is 5.92 Å². The highest BCUT2D eigenvalue weighted by Crippen LogP contribution is 2.41. The molecule has 2 aromatic rings. The zero-order chi connectivity index (χ0) is 17.8. The van der Waals surface area contributed by atoms with Crippen molar-refractivity contribution in [1.82, 2.24) is 5.32 Å². The number of hydrogen-bond donors (Lipinski definition) is 1. The Hall–Kier alpha value is -2.53. The maximum Gasteiger partial charge on any atom is 0.342 e. The highest BCUT2D eigenvalue weighted by atomic mass is 16.5. The van der Waals surface area contributed by atoms with Crippen molar-refractivity contribution in [3.63, 3.8) is 0 Å². The Morgan fingerprint density at radius 2 is 1.88 bits per heavy atom. The molecule has 132 valence electrons. The zero-order valence-corrected chi connectivity index (χ0v) is 14.8. The van der Waals surface area contributed by atoms with Crippen molar-refractivity contribution in [2.24, 2.45) is 0 Å². The van der Waals surface area contributed by atoms with Crippen molar-refractivity contribution in [2.45, 2.75) is 12.3 Å². The van der Waals surface area contributed by atoms with Crippen LogP contribution in [0.2, 0.25) is 0 Å². The molecule has 0 amide bonds. The predicted octanol–water partition coefficient (Wildman–Crippen LogP) is 2.77. The molecule has 2 aromatic carbocycles. The summed E-state index contributed by atoms with van der Waals surface area (Å²) in [7, 11) is 4.51. The van der Waals surface area contributed by atoms with Crippen LogP contribution in [0.15, 0.2) is 36.4 Å². The van der Waals surface area contributed by atoms with Gasteiger partial charge >= 0.3 is 5.97 Å². The average molecular weight is 341 g/mol. The van der Waals surface area contributed by atoms with Gasteiger partial charge in [-0.05, 0) is 35.7 Å². The molecule has 0 bridgehead atoms. The summed E-state index contributed by atoms with van der Waals surface area (Å²) < 4.78 is 16.0. The number of carbonyl (C=O) groups excluding carboxylic acids is 1. The van der Waals surface area contributed by atoms with Crippen molar-refractivity contribution in [1.29, 1.82) is 0 Å². The molecule has 3 rings (SSSR count). The third-order valence-corrected chi connectivity index (χ3v) is 4.68. The second-order valence-corrected chi connectivity index (χ2v) is 5.96. The van der Waals surface area contributed by atoms with Gasteiger partial charge in [-0.15, -0.1) is 0 Å². The minimum atomic E-state index is -0.402. The first-order valence-corrected chi connectivity index (χ1v) is 8.33. The number of benzene rings is 2. The van der Waals surface area contributed by atoms with E-state index in [1.165, 1.54) is 12.7 Å². The number of carbonyl (C=O) groups is 1. The number of rotatable bonds is 4. The van der Waals surface area contributed by atoms with Gasteiger partial charge in [-0.25, -0.2) is 4.79 Å². The summed E-state index contributed by atoms with van der Waals surface area (Å²) in [6.07, 6.45) is 0.726. The van der Waals surface area contributed by atoms with Gasteiger partial charge in [0.25, 0.3) is 0 Å². The molecule has 0 spiro atoms. The van der Waals surface area contributed by atoms with Crippen LogP contribution in [0.25, 0.3) is 0 Å². The van der Waals surface area contributed by atoms with Gasteiger partial charge in [-0.2, -0.15) is 0 Å². The van der Waals surface area contributed by atoms with Crippen LogP contribution in [0, 0.1) is 0 Å². The topological polar surface area (TPSA) is 56.8 Å². The Bertz CT molecular complexity index is 758. The normalized spacial score (nSPS) is 16.5. The lowest BCUT2D eigenvalue weighted by molar-refractivity contribution is 0.0595. The van der Waals surface area contributed by atoms with Gasteiger partial charge in [0.1, 0.15) is 5.56 Å². The number of fused-ring (bicyclic) bond motifs is 1. The molecular formula is C20H23NO4. The molecule has 1 aliphatic rings. The van der Waals surface area contributed by atoms with E-state index in [1.54, 1.807) is 14.2 Å². The van der Waals surface area contributed by atoms with E-state index < -0.39 is 5.97 Å². The van der Waals surface area contributed by atoms with Gasteiger partial charge in [0, 0.05) is 12.5 Å². The van der Waals surface area contributed by atoms with E-state index in [9.17, 15) is 4.79 Å². The van der Waals surface area contributed by atoms with Crippen LogP contribution in [0.5, 0.6) is 11.5 Å². The molecule has 0 radical (unpaired) electrons. The molecule has 0 saturated carbocycles. The predicted molar refractivity (Wildman–Crippen MR) is 95.7 cm³/mol. The van der Waals surface area contributed by atoms with Crippen LogP contribution in [0.4, 0.5) is 0 Å². The standard InChI is InChI=1S/C20H23NO4/c1-23-17-11-15-14(18(19(17)24-2)20(22)25-3)9-10-21-12-16(15)13-7-5-4-6-8-13/h4-8,11,16,21H,9-10,12H2,1-3H3. The van der Waals surface area contributed by atoms with Gasteiger partial charge in [0.15, 0.2) is 11.5 Å². The van der Waals surface area contributed by atoms with E-state index in [0.717, 1.165) is 30.6 Å². The number of ether oxygens (including phenoxy) is 3. The van der Waals surface area contributed by atoms with Crippen molar-refractivity contribution in [3.05, 3.63) is 58.7 Å². The molecule has 1 aliphatic heterocycles. The monoisotopic (exact) mass is 341 g/mol. The molecule has 1 atom stereocenters. The summed E-state index contributed by atoms with van der Waals surface area (Å²) in [4.78, 5) is 12.5. The van der Waals surface area contributed by atoms with Gasteiger partial charge < -0.3 is 19.5 Å². The van der Waals surface area contributed by atoms with Crippen molar-refractivity contribution in [2.75, 3.05) is 34.4 Å². The first-order chi connectivity index (χ1) is 12.2. The Labute approximate surface area is 147 Å². The average Bonchev–Trinajstić information content (AvgIpc) is 2.88. The largest absolute Gasteiger partial charge is 0.493 e. The van der Waals surface area contributed by atoms with Gasteiger partial charge in [0.05, 0.1) is 21.3 Å². The first kappa shape index (κ1) is 17.3. The van der Waals surface area contributed by atoms with Crippen LogP contribution in [0.3, 0.4) is 0 Å². The minimum Gasteiger partial charge on any atom is -0.493 e. The van der Waals surface area contributed by atoms with Crippen molar-refractivity contribution in [3.8, 4) is 11.5 Å². The quantitative estimate of drug-likeness (QED) is 0.867. The number of nitrogens with one attached hydrogen (secondary N) is 1. The van der Waals surface area contributed by atoms with Crippen LogP contribution in [-0.4, -0.2) is 40.4 Å². The molecule has 0 saturated heterocycles. The highest BCUT2D eigenvalue weighted by molar-refractivity contribution is 5.96. The number of methoxy groups -OCH3 is 3. The molecule has 25 heavy (non-hydrogen) atoms. The van der Waals surface area contributed by atoms with Crippen molar-refractivity contribution >= 4 is 5.97 Å². The fraction of sp³-hybridized carbons (Fsp3) is 0.350. The number of hydrogen-bond acceptors (Lipinski definition) is 5. The lowest BCUT2D eigenvalue weighted by Gasteiger charge is -2.23. The van der Waals surface area contributed by atoms with Crippen LogP contribution < -0.4 is 14.8 Å². The van der Waals surface area contributed by atoms with E-state index in [2.05, 4.69) is 17.4 Å². The molecule has 0 aromatic heterocycles. The molecule has 5 heteroatoms. The fourth-order valence-electron chi connectivity index (χ4n) is 3.50. The number of esters is 1. The third kappa shape index (κ3) is 3.20. The fourth-order valence-corrected chi connectivity index (χ4v) is 3.50. The second kappa shape index (κ2) is 7.57. The summed E-state index contributed by atoms with van der Waals surface area (Å²) in [5.41, 5.74) is 3.70. The highest BCUT2D eigenvalue weighted by Gasteiger charge is 2.30. The summed E-state index contributed by atoms with van der Waals surface area (Å²) in [6.45, 7) is 1.59. The third-order valence-electron chi connectivity index (χ3n) is 4.68. The summed E-state index contributed by atoms with van der Waals surface area (Å²) >= 11 is 0. The SMILES string of the molecule is COC(=O)c1c2c(cc(OC)c1OC)C(c1ccccc1)CNCC2. The minimum absolute atomic E-state index is 0.127. The van der Waals surface area contributed by atoms with Crippen LogP contribution >= 0.6 is 0 Å². The van der Waals surface area contributed by atoms with Crippen LogP contribution in [0.1, 0.15) is 33.0 Å². The zero-order valence-electron chi connectivity index (χ0n) is 14.8. The van der Waals surface area contributed by atoms with Crippen molar-refractivity contribution < 1.29 is 19.0 Å². The summed E-state index contributed by atoms with van der Waals surface area (Å²) in [6, 6.07) is 12.3. The van der Waals surface area contributed by atoms with E-state index >= 15 is 0 Å². The molecule has 1 N–H and O–H groups in total. The summed E-state index contributed by atoms with van der Waals surface area (Å²) in [5.74, 6) is 0.703. The maximum absolute atomic E-state index is 12.5. The Morgan fingerprint density at radius 3 is 2.52 bits per heavy atom. The van der Waals surface area contributed by atoms with E-state index in [0.29, 0.717) is 17.1 Å². The molecule has 0 aliphatic carbocycles. The molecular weight excluding hydrogens is 318 g/mol. The smallest absolute Gasteiger partial charge is 0.342 e. The molecule has 1 unspecified atom stereocenters. The Balaban J connectivity index is 2.26. The summed E-state index contributed by atoms with van der Waals surface area (Å²) in [5, 5.41) is 3.47. The van der Waals surface area contributed by atoms with Gasteiger partial charge in [-0.1, -0.05) is 30.3 Å². The van der Waals surface area contributed by atoms with E-state index in [1.807, 2.05) is 24.3 Å². The molecule has 5 nitrogen and oxygen atoms in total. The van der Waals surface area contributed by atoms with Gasteiger partial charge in [-0.3, -0.25) is 0 Å². The van der Waals surface area contributed by atoms with Gasteiger partial charge in [0.2, 0.25) is 0 Å². The Morgan fingerprint density at radius 1 is 1.12 bits per heavy atom. The molecule has 0 fully saturated rings. The van der Waals surface area contributed by atoms with E-state index in [4.69, 9.17) is 14.2 Å². The van der Waals surface area contributed by atoms with Crippen LogP contribution in [-0.2, 0) is 11.2 Å². The molecule has 1 heterocycles. The lowest BCUT2D eigenvalue weighted by atomic mass is 9.85.